The van der Waals surface area contributed by atoms with E-state index in [0.29, 0.717) is 24.3 Å². The Bertz CT molecular complexity index is 365. The number of carboxylic acids is 1. The predicted molar refractivity (Wildman–Crippen MR) is 80.7 cm³/mol. The van der Waals surface area contributed by atoms with Gasteiger partial charge in [0, 0.05) is 25.4 Å². The molecule has 1 saturated carbocycles. The highest BCUT2D eigenvalue weighted by molar-refractivity contribution is 5.79. The molecule has 0 bridgehead atoms. The SMILES string of the molecule is NCC1CCCCC1C(=O)N1CCC(CCC(=O)O)CC1. The van der Waals surface area contributed by atoms with Crippen molar-refractivity contribution in [2.24, 2.45) is 23.5 Å². The monoisotopic (exact) mass is 296 g/mol. The summed E-state index contributed by atoms with van der Waals surface area (Å²) in [7, 11) is 0. The Balaban J connectivity index is 1.80. The van der Waals surface area contributed by atoms with Crippen molar-refractivity contribution < 1.29 is 14.7 Å². The Labute approximate surface area is 126 Å². The van der Waals surface area contributed by atoms with Crippen molar-refractivity contribution in [3.8, 4) is 0 Å². The average molecular weight is 296 g/mol. The topological polar surface area (TPSA) is 83.6 Å². The van der Waals surface area contributed by atoms with Gasteiger partial charge in [-0.25, -0.2) is 0 Å². The van der Waals surface area contributed by atoms with E-state index in [9.17, 15) is 9.59 Å². The van der Waals surface area contributed by atoms with Crippen LogP contribution in [0.25, 0.3) is 0 Å². The predicted octanol–water partition coefficient (Wildman–Crippen LogP) is 1.85. The maximum absolute atomic E-state index is 12.7. The van der Waals surface area contributed by atoms with Gasteiger partial charge in [0.2, 0.25) is 5.91 Å². The molecule has 1 aliphatic heterocycles. The van der Waals surface area contributed by atoms with Crippen LogP contribution >= 0.6 is 0 Å². The second kappa shape index (κ2) is 7.78. The van der Waals surface area contributed by atoms with Gasteiger partial charge in [0.05, 0.1) is 0 Å². The summed E-state index contributed by atoms with van der Waals surface area (Å²) < 4.78 is 0. The first-order chi connectivity index (χ1) is 10.1. The van der Waals surface area contributed by atoms with Crippen molar-refractivity contribution in [1.29, 1.82) is 0 Å². The normalized spacial score (nSPS) is 27.6. The molecule has 2 unspecified atom stereocenters. The van der Waals surface area contributed by atoms with Crippen LogP contribution < -0.4 is 5.73 Å². The molecular weight excluding hydrogens is 268 g/mol. The highest BCUT2D eigenvalue weighted by Crippen LogP contribution is 2.32. The number of hydrogen-bond donors (Lipinski definition) is 2. The number of amides is 1. The molecule has 2 aliphatic rings. The molecule has 0 aromatic carbocycles. The number of aliphatic carboxylic acids is 1. The number of likely N-dealkylation sites (tertiary alicyclic amines) is 1. The molecule has 0 radical (unpaired) electrons. The van der Waals surface area contributed by atoms with Crippen LogP contribution in [0.4, 0.5) is 0 Å². The van der Waals surface area contributed by atoms with Crippen LogP contribution in [0.3, 0.4) is 0 Å². The number of carbonyl (C=O) groups excluding carboxylic acids is 1. The quantitative estimate of drug-likeness (QED) is 0.811. The van der Waals surface area contributed by atoms with Crippen LogP contribution in [0.1, 0.15) is 51.4 Å². The molecule has 1 saturated heterocycles. The van der Waals surface area contributed by atoms with Gasteiger partial charge >= 0.3 is 5.97 Å². The van der Waals surface area contributed by atoms with Gasteiger partial charge in [-0.1, -0.05) is 12.8 Å². The average Bonchev–Trinajstić information content (AvgIpc) is 2.52. The fourth-order valence-electron chi connectivity index (χ4n) is 3.82. The van der Waals surface area contributed by atoms with E-state index < -0.39 is 5.97 Å². The number of carbonyl (C=O) groups is 2. The molecular formula is C16H28N2O3. The second-order valence-corrected chi connectivity index (χ2v) is 6.59. The summed E-state index contributed by atoms with van der Waals surface area (Å²) in [5.41, 5.74) is 5.82. The molecule has 0 aromatic heterocycles. The number of carboxylic acid groups (broad SMARTS) is 1. The third kappa shape index (κ3) is 4.43. The molecule has 21 heavy (non-hydrogen) atoms. The van der Waals surface area contributed by atoms with Gasteiger partial charge in [-0.05, 0) is 50.5 Å². The lowest BCUT2D eigenvalue weighted by Crippen LogP contribution is -2.45. The number of nitrogens with zero attached hydrogens (tertiary/aromatic N) is 1. The van der Waals surface area contributed by atoms with Crippen molar-refractivity contribution in [3.05, 3.63) is 0 Å². The highest BCUT2D eigenvalue weighted by Gasteiger charge is 2.34. The first kappa shape index (κ1) is 16.3. The minimum Gasteiger partial charge on any atom is -0.481 e. The van der Waals surface area contributed by atoms with E-state index in [1.54, 1.807) is 0 Å². The van der Waals surface area contributed by atoms with Gasteiger partial charge in [0.15, 0.2) is 0 Å². The fraction of sp³-hybridized carbons (Fsp3) is 0.875. The van der Waals surface area contributed by atoms with E-state index in [-0.39, 0.29) is 12.3 Å². The molecule has 1 heterocycles. The van der Waals surface area contributed by atoms with Crippen LogP contribution in [-0.2, 0) is 9.59 Å². The third-order valence-corrected chi connectivity index (χ3v) is 5.22. The summed E-state index contributed by atoms with van der Waals surface area (Å²) in [4.78, 5) is 25.3. The molecule has 3 N–H and O–H groups in total. The zero-order valence-corrected chi connectivity index (χ0v) is 12.8. The molecule has 5 heteroatoms. The van der Waals surface area contributed by atoms with Crippen molar-refractivity contribution in [2.75, 3.05) is 19.6 Å². The zero-order chi connectivity index (χ0) is 15.2. The molecule has 1 aliphatic carbocycles. The second-order valence-electron chi connectivity index (χ2n) is 6.59. The molecule has 0 aromatic rings. The summed E-state index contributed by atoms with van der Waals surface area (Å²) in [6.07, 6.45) is 7.29. The largest absolute Gasteiger partial charge is 0.481 e. The van der Waals surface area contributed by atoms with Crippen LogP contribution in [0, 0.1) is 17.8 Å². The van der Waals surface area contributed by atoms with Crippen LogP contribution in [-0.4, -0.2) is 41.5 Å². The summed E-state index contributed by atoms with van der Waals surface area (Å²) >= 11 is 0. The van der Waals surface area contributed by atoms with Crippen LogP contribution in [0.5, 0.6) is 0 Å². The minimum absolute atomic E-state index is 0.124. The molecule has 5 nitrogen and oxygen atoms in total. The van der Waals surface area contributed by atoms with Crippen molar-refractivity contribution in [1.82, 2.24) is 4.90 Å². The minimum atomic E-state index is -0.721. The van der Waals surface area contributed by atoms with E-state index in [4.69, 9.17) is 10.8 Å². The lowest BCUT2D eigenvalue weighted by atomic mass is 9.78. The van der Waals surface area contributed by atoms with E-state index in [1.807, 2.05) is 4.90 Å². The standard InChI is InChI=1S/C16H28N2O3/c17-11-13-3-1-2-4-14(13)16(21)18-9-7-12(8-10-18)5-6-15(19)20/h12-14H,1-11,17H2,(H,19,20). The van der Waals surface area contributed by atoms with Gasteiger partial charge in [-0.15, -0.1) is 0 Å². The first-order valence-corrected chi connectivity index (χ1v) is 8.32. The Morgan fingerprint density at radius 3 is 2.38 bits per heavy atom. The summed E-state index contributed by atoms with van der Waals surface area (Å²) in [5, 5.41) is 8.73. The highest BCUT2D eigenvalue weighted by atomic mass is 16.4. The van der Waals surface area contributed by atoms with Crippen molar-refractivity contribution in [3.63, 3.8) is 0 Å². The third-order valence-electron chi connectivity index (χ3n) is 5.22. The Hall–Kier alpha value is -1.10. The fourth-order valence-corrected chi connectivity index (χ4v) is 3.82. The van der Waals surface area contributed by atoms with E-state index in [1.165, 1.54) is 6.42 Å². The number of piperidine rings is 1. The lowest BCUT2D eigenvalue weighted by Gasteiger charge is -2.37. The molecule has 2 rings (SSSR count). The van der Waals surface area contributed by atoms with Crippen LogP contribution in [0.15, 0.2) is 0 Å². The summed E-state index contributed by atoms with van der Waals surface area (Å²) in [6, 6.07) is 0. The number of rotatable bonds is 5. The molecule has 1 amide bonds. The van der Waals surface area contributed by atoms with Gasteiger partial charge in [0.25, 0.3) is 0 Å². The summed E-state index contributed by atoms with van der Waals surface area (Å²) in [5.74, 6) is 0.514. The number of hydrogen-bond acceptors (Lipinski definition) is 3. The zero-order valence-electron chi connectivity index (χ0n) is 12.8. The van der Waals surface area contributed by atoms with E-state index in [0.717, 1.165) is 51.6 Å². The van der Waals surface area contributed by atoms with E-state index in [2.05, 4.69) is 0 Å². The Morgan fingerprint density at radius 1 is 1.10 bits per heavy atom. The van der Waals surface area contributed by atoms with Crippen molar-refractivity contribution >= 4 is 11.9 Å². The Kier molecular flexibility index (Phi) is 6.03. The molecule has 2 atom stereocenters. The number of nitrogens with two attached hydrogens (primary N) is 1. The lowest BCUT2D eigenvalue weighted by molar-refractivity contribution is -0.141. The van der Waals surface area contributed by atoms with Gasteiger partial charge < -0.3 is 15.7 Å². The maximum atomic E-state index is 12.7. The van der Waals surface area contributed by atoms with Crippen LogP contribution in [0.2, 0.25) is 0 Å². The van der Waals surface area contributed by atoms with Gasteiger partial charge in [-0.3, -0.25) is 9.59 Å². The summed E-state index contributed by atoms with van der Waals surface area (Å²) in [6.45, 7) is 2.19. The van der Waals surface area contributed by atoms with Crippen molar-refractivity contribution in [2.45, 2.75) is 51.4 Å². The molecule has 2 fully saturated rings. The molecule has 0 spiro atoms. The molecule has 120 valence electrons. The first-order valence-electron chi connectivity index (χ1n) is 8.32. The van der Waals surface area contributed by atoms with Gasteiger partial charge in [-0.2, -0.15) is 0 Å². The van der Waals surface area contributed by atoms with E-state index >= 15 is 0 Å². The van der Waals surface area contributed by atoms with Gasteiger partial charge in [0.1, 0.15) is 0 Å². The maximum Gasteiger partial charge on any atom is 0.303 e. The smallest absolute Gasteiger partial charge is 0.303 e. The Morgan fingerprint density at radius 2 is 1.76 bits per heavy atom.